The van der Waals surface area contributed by atoms with Gasteiger partial charge in [-0.15, -0.1) is 0 Å². The molecule has 4 heteroatoms. The number of pyridine rings is 1. The largest absolute Gasteiger partial charge is 0.235 e. The van der Waals surface area contributed by atoms with Gasteiger partial charge in [0.05, 0.1) is 0 Å². The van der Waals surface area contributed by atoms with Crippen LogP contribution in [0.1, 0.15) is 0 Å². The maximum Gasteiger partial charge on any atom is 0.179 e. The molecule has 0 aliphatic rings. The average Bonchev–Trinajstić information content (AvgIpc) is 2.34. The van der Waals surface area contributed by atoms with E-state index in [4.69, 9.17) is 5.84 Å². The number of aromatic nitrogens is 3. The predicted octanol–water partition coefficient (Wildman–Crippen LogP) is 0.263. The van der Waals surface area contributed by atoms with E-state index in [0.29, 0.717) is 11.2 Å². The van der Waals surface area contributed by atoms with E-state index in [1.165, 1.54) is 6.33 Å². The van der Waals surface area contributed by atoms with Crippen molar-refractivity contribution in [3.8, 4) is 0 Å². The first kappa shape index (κ1) is 5.22. The van der Waals surface area contributed by atoms with Gasteiger partial charge in [0.2, 0.25) is 0 Å². The molecular weight excluding hydrogens is 128 g/mol. The molecule has 2 aromatic heterocycles. The van der Waals surface area contributed by atoms with Gasteiger partial charge in [0.25, 0.3) is 0 Å². The molecule has 2 rings (SSSR count). The summed E-state index contributed by atoms with van der Waals surface area (Å²) >= 11 is 0. The maximum absolute atomic E-state index is 9.03. The van der Waals surface area contributed by atoms with Gasteiger partial charge < -0.3 is 0 Å². The molecule has 0 fully saturated rings. The molecule has 2 radical (unpaired) electrons. The van der Waals surface area contributed by atoms with Crippen molar-refractivity contribution in [1.29, 1.82) is 0 Å². The summed E-state index contributed by atoms with van der Waals surface area (Å²) in [5.74, 6) is 9.03. The predicted molar refractivity (Wildman–Crippen MR) is 35.1 cm³/mol. The topological polar surface area (TPSA) is 53.0 Å². The van der Waals surface area contributed by atoms with Crippen LogP contribution in [-0.2, 0) is 0 Å². The minimum absolute atomic E-state index is 0.560. The third-order valence-electron chi connectivity index (χ3n) is 1.30. The van der Waals surface area contributed by atoms with E-state index in [1.54, 1.807) is 18.3 Å². The van der Waals surface area contributed by atoms with Gasteiger partial charge in [-0.2, -0.15) is 4.68 Å². The van der Waals surface area contributed by atoms with E-state index in [2.05, 4.69) is 9.97 Å². The second-order valence-electron chi connectivity index (χ2n) is 1.94. The van der Waals surface area contributed by atoms with Crippen LogP contribution in [0.4, 0.5) is 0 Å². The van der Waals surface area contributed by atoms with Crippen LogP contribution in [0.5, 0.6) is 0 Å². The summed E-state index contributed by atoms with van der Waals surface area (Å²) in [7, 11) is 0. The molecule has 0 aliphatic heterocycles. The summed E-state index contributed by atoms with van der Waals surface area (Å²) in [5, 5.41) is 0. The third-order valence-corrected chi connectivity index (χ3v) is 1.30. The Morgan fingerprint density at radius 2 is 2.30 bits per heavy atom. The Labute approximate surface area is 57.3 Å². The average molecular weight is 132 g/mol. The van der Waals surface area contributed by atoms with Crippen molar-refractivity contribution in [3.05, 3.63) is 24.7 Å². The Kier molecular flexibility index (Phi) is 0.887. The molecule has 0 aromatic carbocycles. The number of hydrogen-bond acceptors (Lipinski definition) is 2. The van der Waals surface area contributed by atoms with Gasteiger partial charge >= 0.3 is 0 Å². The van der Waals surface area contributed by atoms with Crippen LogP contribution >= 0.6 is 0 Å². The van der Waals surface area contributed by atoms with Crippen molar-refractivity contribution in [2.24, 2.45) is 0 Å². The second kappa shape index (κ2) is 1.70. The minimum atomic E-state index is 0.560. The molecule has 2 aromatic rings. The lowest BCUT2D eigenvalue weighted by Crippen LogP contribution is -1.88. The van der Waals surface area contributed by atoms with Crippen molar-refractivity contribution in [1.82, 2.24) is 20.5 Å². The second-order valence-corrected chi connectivity index (χ2v) is 1.94. The van der Waals surface area contributed by atoms with Gasteiger partial charge in [-0.25, -0.2) is 9.97 Å². The van der Waals surface area contributed by atoms with E-state index in [0.717, 1.165) is 4.68 Å². The van der Waals surface area contributed by atoms with E-state index >= 15 is 0 Å². The van der Waals surface area contributed by atoms with Gasteiger partial charge in [0, 0.05) is 6.20 Å². The number of rotatable bonds is 0. The van der Waals surface area contributed by atoms with E-state index in [1.807, 2.05) is 0 Å². The van der Waals surface area contributed by atoms with Gasteiger partial charge in [-0.05, 0) is 18.0 Å². The van der Waals surface area contributed by atoms with Crippen LogP contribution in [0, 0.1) is 0 Å². The quantitative estimate of drug-likeness (QED) is 0.516. The third kappa shape index (κ3) is 0.556. The van der Waals surface area contributed by atoms with Gasteiger partial charge in [0.1, 0.15) is 11.8 Å². The molecule has 48 valence electrons. The molecule has 2 heterocycles. The Morgan fingerprint density at radius 1 is 1.40 bits per heavy atom. The zero-order valence-corrected chi connectivity index (χ0v) is 5.10. The molecular formula is C6H4N4. The summed E-state index contributed by atoms with van der Waals surface area (Å²) in [6.45, 7) is 0. The highest BCUT2D eigenvalue weighted by atomic mass is 15.3. The maximum atomic E-state index is 9.03. The lowest BCUT2D eigenvalue weighted by molar-refractivity contribution is 0.867. The van der Waals surface area contributed by atoms with Crippen LogP contribution in [0.3, 0.4) is 0 Å². The molecule has 0 unspecified atom stereocenters. The Bertz CT molecular complexity index is 351. The molecule has 0 amide bonds. The highest BCUT2D eigenvalue weighted by Gasteiger charge is 1.98. The normalized spacial score (nSPS) is 10.4. The fraction of sp³-hybridized carbons (Fsp3) is 0. The van der Waals surface area contributed by atoms with Gasteiger partial charge in [0.15, 0.2) is 5.65 Å². The Hall–Kier alpha value is -1.58. The summed E-state index contributed by atoms with van der Waals surface area (Å²) < 4.78 is 0.947. The Morgan fingerprint density at radius 3 is 3.10 bits per heavy atom. The van der Waals surface area contributed by atoms with Crippen molar-refractivity contribution < 1.29 is 0 Å². The first-order valence-corrected chi connectivity index (χ1v) is 2.85. The van der Waals surface area contributed by atoms with Crippen LogP contribution in [0.15, 0.2) is 24.7 Å². The molecule has 0 spiro atoms. The van der Waals surface area contributed by atoms with E-state index in [-0.39, 0.29) is 0 Å². The smallest absolute Gasteiger partial charge is 0.179 e. The molecule has 0 aliphatic carbocycles. The molecule has 0 atom stereocenters. The summed E-state index contributed by atoms with van der Waals surface area (Å²) in [4.78, 5) is 7.73. The number of hydrogen-bond donors (Lipinski definition) is 0. The molecule has 10 heavy (non-hydrogen) atoms. The molecule has 4 nitrogen and oxygen atoms in total. The first-order chi connectivity index (χ1) is 4.88. The highest BCUT2D eigenvalue weighted by molar-refractivity contribution is 5.69. The summed E-state index contributed by atoms with van der Waals surface area (Å²) in [6.07, 6.45) is 2.95. The van der Waals surface area contributed by atoms with Crippen LogP contribution in [-0.4, -0.2) is 14.6 Å². The summed E-state index contributed by atoms with van der Waals surface area (Å²) in [6, 6.07) is 3.49. The van der Waals surface area contributed by atoms with Crippen molar-refractivity contribution in [2.45, 2.75) is 0 Å². The number of nitrogens with zero attached hydrogens (tertiary/aromatic N) is 4. The first-order valence-electron chi connectivity index (χ1n) is 2.85. The standard InChI is InChI=1S/C6H4N4/c7-10-4-9-6-5(10)2-1-3-8-6/h1-4H. The minimum Gasteiger partial charge on any atom is -0.235 e. The fourth-order valence-electron chi connectivity index (χ4n) is 0.838. The van der Waals surface area contributed by atoms with Crippen molar-refractivity contribution >= 4 is 11.2 Å². The summed E-state index contributed by atoms with van der Waals surface area (Å²) in [5.41, 5.74) is 1.19. The molecule has 0 saturated carbocycles. The monoisotopic (exact) mass is 132 g/mol. The SMILES string of the molecule is [N]n1cnc2ncccc21. The van der Waals surface area contributed by atoms with Gasteiger partial charge in [-0.3, -0.25) is 0 Å². The Balaban J connectivity index is 2.93. The lowest BCUT2D eigenvalue weighted by Gasteiger charge is -1.85. The van der Waals surface area contributed by atoms with E-state index < -0.39 is 0 Å². The zero-order chi connectivity index (χ0) is 6.97. The van der Waals surface area contributed by atoms with Crippen molar-refractivity contribution in [3.63, 3.8) is 0 Å². The number of imidazole rings is 1. The highest BCUT2D eigenvalue weighted by Crippen LogP contribution is 2.04. The van der Waals surface area contributed by atoms with Crippen LogP contribution in [0.25, 0.3) is 11.2 Å². The number of fused-ring (bicyclic) bond motifs is 1. The van der Waals surface area contributed by atoms with Crippen molar-refractivity contribution in [2.75, 3.05) is 0 Å². The van der Waals surface area contributed by atoms with E-state index in [9.17, 15) is 0 Å². The lowest BCUT2D eigenvalue weighted by atomic mass is 10.4. The molecule has 0 saturated heterocycles. The van der Waals surface area contributed by atoms with Gasteiger partial charge in [-0.1, -0.05) is 0 Å². The molecule has 0 bridgehead atoms. The fourth-order valence-corrected chi connectivity index (χ4v) is 0.838. The zero-order valence-electron chi connectivity index (χ0n) is 5.10. The van der Waals surface area contributed by atoms with Crippen LogP contribution < -0.4 is 5.84 Å². The molecule has 0 N–H and O–H groups in total. The van der Waals surface area contributed by atoms with Crippen LogP contribution in [0.2, 0.25) is 0 Å².